The van der Waals surface area contributed by atoms with E-state index in [1.54, 1.807) is 12.1 Å². The molecule has 1 aromatic carbocycles. The number of anilines is 1. The molecule has 0 saturated heterocycles. The standard InChI is InChI=1S/C19H23N3O2/c1-3-4-5-11-24-16-8-6-7-15(12-16)13-21-19(23)17-10-9-14(2)22-18(17)20/h3,6-10,12H,1,4-5,11,13H2,2H3,(H2,20,22)(H,21,23). The van der Waals surface area contributed by atoms with Crippen molar-refractivity contribution in [1.82, 2.24) is 10.3 Å². The van der Waals surface area contributed by atoms with Crippen molar-refractivity contribution in [3.05, 3.63) is 65.9 Å². The highest BCUT2D eigenvalue weighted by atomic mass is 16.5. The quantitative estimate of drug-likeness (QED) is 0.577. The van der Waals surface area contributed by atoms with Crippen molar-refractivity contribution in [3.8, 4) is 5.75 Å². The van der Waals surface area contributed by atoms with Gasteiger partial charge in [0, 0.05) is 12.2 Å². The van der Waals surface area contributed by atoms with E-state index >= 15 is 0 Å². The maximum Gasteiger partial charge on any atom is 0.255 e. The van der Waals surface area contributed by atoms with Gasteiger partial charge in [-0.2, -0.15) is 0 Å². The molecule has 1 heterocycles. The minimum atomic E-state index is -0.239. The fraction of sp³-hybridized carbons (Fsp3) is 0.263. The summed E-state index contributed by atoms with van der Waals surface area (Å²) in [6.07, 6.45) is 3.74. The first-order chi connectivity index (χ1) is 11.6. The zero-order chi connectivity index (χ0) is 17.4. The molecule has 0 spiro atoms. The fourth-order valence-corrected chi connectivity index (χ4v) is 2.21. The number of nitrogens with one attached hydrogen (secondary N) is 1. The van der Waals surface area contributed by atoms with Gasteiger partial charge in [0.1, 0.15) is 11.6 Å². The maximum atomic E-state index is 12.2. The summed E-state index contributed by atoms with van der Waals surface area (Å²) in [6.45, 7) is 6.56. The van der Waals surface area contributed by atoms with Gasteiger partial charge in [-0.25, -0.2) is 4.98 Å². The molecule has 0 aliphatic carbocycles. The van der Waals surface area contributed by atoms with E-state index in [1.165, 1.54) is 0 Å². The lowest BCUT2D eigenvalue weighted by molar-refractivity contribution is 0.0951. The van der Waals surface area contributed by atoms with Gasteiger partial charge in [0.25, 0.3) is 5.91 Å². The van der Waals surface area contributed by atoms with Gasteiger partial charge < -0.3 is 15.8 Å². The Morgan fingerprint density at radius 3 is 2.96 bits per heavy atom. The molecular formula is C19H23N3O2. The van der Waals surface area contributed by atoms with Crippen LogP contribution in [-0.4, -0.2) is 17.5 Å². The summed E-state index contributed by atoms with van der Waals surface area (Å²) in [4.78, 5) is 16.3. The van der Waals surface area contributed by atoms with Gasteiger partial charge >= 0.3 is 0 Å². The average Bonchev–Trinajstić information content (AvgIpc) is 2.57. The van der Waals surface area contributed by atoms with Gasteiger partial charge in [-0.1, -0.05) is 18.2 Å². The zero-order valence-corrected chi connectivity index (χ0v) is 13.9. The number of carbonyl (C=O) groups excluding carboxylic acids is 1. The van der Waals surface area contributed by atoms with Crippen molar-refractivity contribution in [3.63, 3.8) is 0 Å². The van der Waals surface area contributed by atoms with E-state index in [0.29, 0.717) is 18.7 Å². The van der Waals surface area contributed by atoms with Crippen LogP contribution in [0.5, 0.6) is 5.75 Å². The van der Waals surface area contributed by atoms with Crippen LogP contribution in [0.25, 0.3) is 0 Å². The molecule has 1 amide bonds. The van der Waals surface area contributed by atoms with E-state index in [-0.39, 0.29) is 11.7 Å². The normalized spacial score (nSPS) is 10.2. The Bertz CT molecular complexity index is 714. The van der Waals surface area contributed by atoms with Gasteiger partial charge in [-0.15, -0.1) is 6.58 Å². The molecule has 24 heavy (non-hydrogen) atoms. The smallest absolute Gasteiger partial charge is 0.255 e. The minimum absolute atomic E-state index is 0.239. The van der Waals surface area contributed by atoms with Gasteiger partial charge in [0.15, 0.2) is 0 Å². The molecule has 0 unspecified atom stereocenters. The first-order valence-electron chi connectivity index (χ1n) is 7.94. The number of benzene rings is 1. The first kappa shape index (κ1) is 17.5. The lowest BCUT2D eigenvalue weighted by atomic mass is 10.2. The number of rotatable bonds is 8. The van der Waals surface area contributed by atoms with E-state index in [9.17, 15) is 4.79 Å². The van der Waals surface area contributed by atoms with E-state index in [0.717, 1.165) is 29.8 Å². The highest BCUT2D eigenvalue weighted by molar-refractivity contribution is 5.98. The third-order valence-electron chi connectivity index (χ3n) is 3.48. The molecule has 3 N–H and O–H groups in total. The van der Waals surface area contributed by atoms with Gasteiger partial charge in [0.05, 0.1) is 12.2 Å². The van der Waals surface area contributed by atoms with Crippen molar-refractivity contribution in [2.75, 3.05) is 12.3 Å². The van der Waals surface area contributed by atoms with Gasteiger partial charge in [0.2, 0.25) is 0 Å². The molecule has 126 valence electrons. The number of nitrogens with two attached hydrogens (primary N) is 1. The molecule has 0 aliphatic heterocycles. The highest BCUT2D eigenvalue weighted by Gasteiger charge is 2.10. The maximum absolute atomic E-state index is 12.2. The molecule has 0 fully saturated rings. The Kier molecular flexibility index (Phi) is 6.37. The van der Waals surface area contributed by atoms with Crippen molar-refractivity contribution >= 4 is 11.7 Å². The monoisotopic (exact) mass is 325 g/mol. The molecule has 5 nitrogen and oxygen atoms in total. The summed E-state index contributed by atoms with van der Waals surface area (Å²) in [5.41, 5.74) is 7.93. The molecule has 1 aromatic heterocycles. The number of hydrogen-bond acceptors (Lipinski definition) is 4. The fourth-order valence-electron chi connectivity index (χ4n) is 2.21. The zero-order valence-electron chi connectivity index (χ0n) is 13.9. The third-order valence-corrected chi connectivity index (χ3v) is 3.48. The number of allylic oxidation sites excluding steroid dienone is 1. The SMILES string of the molecule is C=CCCCOc1cccc(CNC(=O)c2ccc(C)nc2N)c1. The van der Waals surface area contributed by atoms with Crippen molar-refractivity contribution in [2.24, 2.45) is 0 Å². The highest BCUT2D eigenvalue weighted by Crippen LogP contribution is 2.14. The minimum Gasteiger partial charge on any atom is -0.494 e. The number of nitrogen functional groups attached to an aromatic ring is 1. The second kappa shape index (κ2) is 8.72. The summed E-state index contributed by atoms with van der Waals surface area (Å²) in [7, 11) is 0. The lowest BCUT2D eigenvalue weighted by Crippen LogP contribution is -2.24. The molecule has 0 atom stereocenters. The van der Waals surface area contributed by atoms with E-state index < -0.39 is 0 Å². The first-order valence-corrected chi connectivity index (χ1v) is 7.94. The van der Waals surface area contributed by atoms with Crippen LogP contribution < -0.4 is 15.8 Å². The Morgan fingerprint density at radius 1 is 1.38 bits per heavy atom. The van der Waals surface area contributed by atoms with Crippen LogP contribution in [0.4, 0.5) is 5.82 Å². The third kappa shape index (κ3) is 5.12. The summed E-state index contributed by atoms with van der Waals surface area (Å²) >= 11 is 0. The number of ether oxygens (including phenoxy) is 1. The number of aryl methyl sites for hydroxylation is 1. The van der Waals surface area contributed by atoms with Crippen LogP contribution in [0, 0.1) is 6.92 Å². The van der Waals surface area contributed by atoms with Crippen LogP contribution in [0.3, 0.4) is 0 Å². The molecular weight excluding hydrogens is 302 g/mol. The summed E-state index contributed by atoms with van der Waals surface area (Å²) < 4.78 is 5.68. The van der Waals surface area contributed by atoms with Crippen LogP contribution in [0.1, 0.15) is 34.5 Å². The number of hydrogen-bond donors (Lipinski definition) is 2. The Balaban J connectivity index is 1.91. The van der Waals surface area contributed by atoms with E-state index in [1.807, 2.05) is 37.3 Å². The largest absolute Gasteiger partial charge is 0.494 e. The Morgan fingerprint density at radius 2 is 2.21 bits per heavy atom. The predicted molar refractivity (Wildman–Crippen MR) is 95.9 cm³/mol. The second-order valence-electron chi connectivity index (χ2n) is 5.49. The summed E-state index contributed by atoms with van der Waals surface area (Å²) in [6, 6.07) is 11.1. The predicted octanol–water partition coefficient (Wildman–Crippen LogP) is 3.25. The van der Waals surface area contributed by atoms with Gasteiger partial charge in [-0.05, 0) is 49.6 Å². The number of pyridine rings is 1. The number of amides is 1. The summed E-state index contributed by atoms with van der Waals surface area (Å²) in [5, 5.41) is 2.85. The molecule has 0 radical (unpaired) electrons. The van der Waals surface area contributed by atoms with E-state index in [4.69, 9.17) is 10.5 Å². The number of unbranched alkanes of at least 4 members (excludes halogenated alkanes) is 1. The molecule has 0 saturated carbocycles. The van der Waals surface area contributed by atoms with Gasteiger partial charge in [-0.3, -0.25) is 4.79 Å². The molecule has 5 heteroatoms. The van der Waals surface area contributed by atoms with Crippen molar-refractivity contribution in [2.45, 2.75) is 26.3 Å². The van der Waals surface area contributed by atoms with Crippen LogP contribution in [-0.2, 0) is 6.54 Å². The lowest BCUT2D eigenvalue weighted by Gasteiger charge is -2.10. The second-order valence-corrected chi connectivity index (χ2v) is 5.49. The number of nitrogens with zero attached hydrogens (tertiary/aromatic N) is 1. The van der Waals surface area contributed by atoms with E-state index in [2.05, 4.69) is 16.9 Å². The van der Waals surface area contributed by atoms with Crippen molar-refractivity contribution < 1.29 is 9.53 Å². The van der Waals surface area contributed by atoms with Crippen LogP contribution in [0.15, 0.2) is 49.1 Å². The number of aromatic nitrogens is 1. The Hall–Kier alpha value is -2.82. The molecule has 0 bridgehead atoms. The molecule has 2 rings (SSSR count). The summed E-state index contributed by atoms with van der Waals surface area (Å²) in [5.74, 6) is 0.798. The van der Waals surface area contributed by atoms with Crippen LogP contribution >= 0.6 is 0 Å². The number of carbonyl (C=O) groups is 1. The van der Waals surface area contributed by atoms with Crippen LogP contribution in [0.2, 0.25) is 0 Å². The topological polar surface area (TPSA) is 77.2 Å². The Labute approximate surface area is 142 Å². The molecule has 2 aromatic rings. The van der Waals surface area contributed by atoms with Crippen molar-refractivity contribution in [1.29, 1.82) is 0 Å². The molecule has 0 aliphatic rings. The average molecular weight is 325 g/mol.